The van der Waals surface area contributed by atoms with Crippen LogP contribution in [0, 0.1) is 0 Å². The molecule has 1 heterocycles. The standard InChI is InChI=1S/C9H14O4/c1-7(9(10)11)3-2-4-12-5-8-6-13-8/h8H,1-6H2,(H,10,11). The molecule has 0 aliphatic carbocycles. The number of hydrogen-bond donors (Lipinski definition) is 1. The van der Waals surface area contributed by atoms with Gasteiger partial charge in [0.2, 0.25) is 0 Å². The molecule has 4 heteroatoms. The van der Waals surface area contributed by atoms with E-state index in [0.717, 1.165) is 6.61 Å². The van der Waals surface area contributed by atoms with Crippen LogP contribution in [0.1, 0.15) is 12.8 Å². The van der Waals surface area contributed by atoms with Crippen LogP contribution in [0.2, 0.25) is 0 Å². The lowest BCUT2D eigenvalue weighted by Crippen LogP contribution is -2.04. The van der Waals surface area contributed by atoms with E-state index in [4.69, 9.17) is 14.6 Å². The molecule has 1 aliphatic rings. The van der Waals surface area contributed by atoms with Gasteiger partial charge in [0.25, 0.3) is 0 Å². The van der Waals surface area contributed by atoms with Gasteiger partial charge in [-0.3, -0.25) is 0 Å². The summed E-state index contributed by atoms with van der Waals surface area (Å²) in [5.41, 5.74) is 0.242. The minimum atomic E-state index is -0.925. The number of ether oxygens (including phenoxy) is 2. The van der Waals surface area contributed by atoms with Crippen molar-refractivity contribution in [3.05, 3.63) is 12.2 Å². The fourth-order valence-electron chi connectivity index (χ4n) is 0.874. The number of aliphatic carboxylic acids is 1. The van der Waals surface area contributed by atoms with Crippen LogP contribution in [0.25, 0.3) is 0 Å². The minimum absolute atomic E-state index is 0.242. The van der Waals surface area contributed by atoms with Gasteiger partial charge in [-0.15, -0.1) is 0 Å². The molecule has 0 amide bonds. The maximum atomic E-state index is 10.3. The summed E-state index contributed by atoms with van der Waals surface area (Å²) in [5, 5.41) is 8.48. The molecule has 0 aromatic carbocycles. The van der Waals surface area contributed by atoms with Gasteiger partial charge in [-0.2, -0.15) is 0 Å². The zero-order valence-electron chi connectivity index (χ0n) is 7.49. The molecule has 0 spiro atoms. The summed E-state index contributed by atoms with van der Waals surface area (Å²) in [6, 6.07) is 0. The lowest BCUT2D eigenvalue weighted by atomic mass is 10.2. The van der Waals surface area contributed by atoms with Gasteiger partial charge in [0.05, 0.1) is 13.2 Å². The van der Waals surface area contributed by atoms with Crippen molar-refractivity contribution in [2.24, 2.45) is 0 Å². The third kappa shape index (κ3) is 4.65. The van der Waals surface area contributed by atoms with Crippen LogP contribution < -0.4 is 0 Å². The van der Waals surface area contributed by atoms with Gasteiger partial charge >= 0.3 is 5.97 Å². The van der Waals surface area contributed by atoms with E-state index in [1.165, 1.54) is 0 Å². The fourth-order valence-corrected chi connectivity index (χ4v) is 0.874. The van der Waals surface area contributed by atoms with E-state index < -0.39 is 5.97 Å². The number of rotatable bonds is 7. The second-order valence-corrected chi connectivity index (χ2v) is 3.04. The van der Waals surface area contributed by atoms with Crippen LogP contribution >= 0.6 is 0 Å². The fraction of sp³-hybridized carbons (Fsp3) is 0.667. The van der Waals surface area contributed by atoms with Crippen molar-refractivity contribution < 1.29 is 19.4 Å². The maximum absolute atomic E-state index is 10.3. The molecule has 4 nitrogen and oxygen atoms in total. The predicted molar refractivity (Wildman–Crippen MR) is 46.6 cm³/mol. The van der Waals surface area contributed by atoms with Gasteiger partial charge in [0.1, 0.15) is 6.10 Å². The molecule has 0 aromatic heterocycles. The Bertz CT molecular complexity index is 196. The first-order valence-corrected chi connectivity index (χ1v) is 4.30. The first-order valence-electron chi connectivity index (χ1n) is 4.30. The van der Waals surface area contributed by atoms with Crippen molar-refractivity contribution in [1.82, 2.24) is 0 Å². The van der Waals surface area contributed by atoms with Crippen LogP contribution in [-0.2, 0) is 14.3 Å². The molecular formula is C9H14O4. The third-order valence-corrected chi connectivity index (χ3v) is 1.78. The molecule has 1 unspecified atom stereocenters. The van der Waals surface area contributed by atoms with Crippen LogP contribution in [0.3, 0.4) is 0 Å². The lowest BCUT2D eigenvalue weighted by molar-refractivity contribution is -0.132. The summed E-state index contributed by atoms with van der Waals surface area (Å²) in [6.07, 6.45) is 1.47. The summed E-state index contributed by atoms with van der Waals surface area (Å²) in [7, 11) is 0. The minimum Gasteiger partial charge on any atom is -0.478 e. The van der Waals surface area contributed by atoms with E-state index in [2.05, 4.69) is 6.58 Å². The average molecular weight is 186 g/mol. The predicted octanol–water partition coefficient (Wildman–Crippen LogP) is 0.823. The van der Waals surface area contributed by atoms with E-state index in [0.29, 0.717) is 26.1 Å². The first kappa shape index (κ1) is 10.2. The summed E-state index contributed by atoms with van der Waals surface area (Å²) in [4.78, 5) is 10.3. The Hall–Kier alpha value is -0.870. The molecule has 74 valence electrons. The van der Waals surface area contributed by atoms with E-state index >= 15 is 0 Å². The number of carboxylic acids is 1. The highest BCUT2D eigenvalue weighted by molar-refractivity contribution is 5.85. The number of carbonyl (C=O) groups is 1. The van der Waals surface area contributed by atoms with Gasteiger partial charge in [0.15, 0.2) is 0 Å². The summed E-state index contributed by atoms with van der Waals surface area (Å²) in [5.74, 6) is -0.925. The second kappa shape index (κ2) is 4.99. The van der Waals surface area contributed by atoms with E-state index in [9.17, 15) is 4.79 Å². The molecule has 1 atom stereocenters. The summed E-state index contributed by atoms with van der Waals surface area (Å²) < 4.78 is 10.2. The quantitative estimate of drug-likeness (QED) is 0.363. The number of hydrogen-bond acceptors (Lipinski definition) is 3. The zero-order valence-corrected chi connectivity index (χ0v) is 7.49. The van der Waals surface area contributed by atoms with Crippen molar-refractivity contribution in [1.29, 1.82) is 0 Å². The average Bonchev–Trinajstić information content (AvgIpc) is 2.87. The Morgan fingerprint density at radius 3 is 2.92 bits per heavy atom. The molecule has 1 rings (SSSR count). The van der Waals surface area contributed by atoms with Crippen molar-refractivity contribution >= 4 is 5.97 Å². The van der Waals surface area contributed by atoms with E-state index in [1.54, 1.807) is 0 Å². The van der Waals surface area contributed by atoms with Crippen LogP contribution in [0.5, 0.6) is 0 Å². The van der Waals surface area contributed by atoms with E-state index in [-0.39, 0.29) is 11.7 Å². The maximum Gasteiger partial charge on any atom is 0.330 e. The SMILES string of the molecule is C=C(CCCOCC1CO1)C(=O)O. The van der Waals surface area contributed by atoms with Gasteiger partial charge in [-0.1, -0.05) is 6.58 Å². The smallest absolute Gasteiger partial charge is 0.330 e. The molecular weight excluding hydrogens is 172 g/mol. The Labute approximate surface area is 77.1 Å². The van der Waals surface area contributed by atoms with Crippen molar-refractivity contribution in [3.63, 3.8) is 0 Å². The highest BCUT2D eigenvalue weighted by atomic mass is 16.6. The molecule has 1 saturated heterocycles. The Kier molecular flexibility index (Phi) is 3.92. The Morgan fingerprint density at radius 1 is 1.69 bits per heavy atom. The summed E-state index contributed by atoms with van der Waals surface area (Å²) >= 11 is 0. The number of epoxide rings is 1. The molecule has 0 aromatic rings. The summed E-state index contributed by atoms with van der Waals surface area (Å²) in [6.45, 7) is 5.41. The molecule has 1 aliphatic heterocycles. The molecule has 13 heavy (non-hydrogen) atoms. The topological polar surface area (TPSA) is 59.1 Å². The molecule has 0 saturated carbocycles. The zero-order chi connectivity index (χ0) is 9.68. The normalized spacial score (nSPS) is 19.8. The second-order valence-electron chi connectivity index (χ2n) is 3.04. The highest BCUT2D eigenvalue weighted by Gasteiger charge is 2.21. The highest BCUT2D eigenvalue weighted by Crippen LogP contribution is 2.09. The van der Waals surface area contributed by atoms with Crippen LogP contribution in [-0.4, -0.2) is 37.0 Å². The van der Waals surface area contributed by atoms with Gasteiger partial charge in [0, 0.05) is 12.2 Å². The molecule has 1 fully saturated rings. The molecule has 0 radical (unpaired) electrons. The first-order chi connectivity index (χ1) is 6.20. The van der Waals surface area contributed by atoms with Crippen molar-refractivity contribution in [3.8, 4) is 0 Å². The Balaban J connectivity index is 1.87. The largest absolute Gasteiger partial charge is 0.478 e. The van der Waals surface area contributed by atoms with E-state index in [1.807, 2.05) is 0 Å². The van der Waals surface area contributed by atoms with Gasteiger partial charge in [-0.25, -0.2) is 4.79 Å². The Morgan fingerprint density at radius 2 is 2.38 bits per heavy atom. The number of carboxylic acid groups (broad SMARTS) is 1. The van der Waals surface area contributed by atoms with Crippen LogP contribution in [0.15, 0.2) is 12.2 Å². The monoisotopic (exact) mass is 186 g/mol. The van der Waals surface area contributed by atoms with Crippen molar-refractivity contribution in [2.45, 2.75) is 18.9 Å². The van der Waals surface area contributed by atoms with Gasteiger partial charge < -0.3 is 14.6 Å². The molecule has 0 bridgehead atoms. The molecule has 1 N–H and O–H groups in total. The van der Waals surface area contributed by atoms with Crippen LogP contribution in [0.4, 0.5) is 0 Å². The third-order valence-electron chi connectivity index (χ3n) is 1.78. The van der Waals surface area contributed by atoms with Gasteiger partial charge in [-0.05, 0) is 12.8 Å². The van der Waals surface area contributed by atoms with Crippen molar-refractivity contribution in [2.75, 3.05) is 19.8 Å². The lowest BCUT2D eigenvalue weighted by Gasteiger charge is -2.01.